The van der Waals surface area contributed by atoms with Crippen LogP contribution in [-0.4, -0.2) is 35.3 Å². The van der Waals surface area contributed by atoms with Crippen LogP contribution < -0.4 is 9.47 Å². The van der Waals surface area contributed by atoms with Gasteiger partial charge in [0, 0.05) is 11.8 Å². The van der Waals surface area contributed by atoms with Crippen LogP contribution in [0.25, 0.3) is 5.57 Å². The molecule has 26 heavy (non-hydrogen) atoms. The number of aryl methyl sites for hydroxylation is 1. The molecular weight excluding hydrogens is 336 g/mol. The molecule has 1 aromatic heterocycles. The number of nitrogens with zero attached hydrogens (tertiary/aromatic N) is 2. The van der Waals surface area contributed by atoms with Crippen LogP contribution in [0.2, 0.25) is 0 Å². The zero-order valence-corrected chi connectivity index (χ0v) is 15.1. The van der Waals surface area contributed by atoms with E-state index in [0.29, 0.717) is 22.7 Å². The summed E-state index contributed by atoms with van der Waals surface area (Å²) in [6, 6.07) is 8.93. The van der Waals surface area contributed by atoms with Gasteiger partial charge in [-0.15, -0.1) is 13.2 Å². The van der Waals surface area contributed by atoms with Gasteiger partial charge >= 0.3 is 12.0 Å². The van der Waals surface area contributed by atoms with E-state index in [1.807, 2.05) is 0 Å². The van der Waals surface area contributed by atoms with Gasteiger partial charge in [0.2, 0.25) is 5.88 Å². The molecule has 0 radical (unpaired) electrons. The van der Waals surface area contributed by atoms with Crippen LogP contribution in [0.1, 0.15) is 16.8 Å². The Hall–Kier alpha value is -3.35. The number of aromatic nitrogens is 2. The van der Waals surface area contributed by atoms with Gasteiger partial charge in [-0.25, -0.2) is 9.78 Å². The standard InChI is InChI=1S/C17H18N2O5.C2H4/c1-11-8-15(19-17(18-11)23-3)24-10-12-6-4-5-7-13(12)14(9-20)16(21)22-2;1-2/h4-9,20H,10H2,1-3H3;1-2H2/b14-9+;. The fourth-order valence-electron chi connectivity index (χ4n) is 2.08. The van der Waals surface area contributed by atoms with Crippen LogP contribution in [0.4, 0.5) is 0 Å². The molecule has 1 aromatic carbocycles. The highest BCUT2D eigenvalue weighted by atomic mass is 16.5. The number of hydrogen-bond donors (Lipinski definition) is 1. The number of hydrogen-bond acceptors (Lipinski definition) is 7. The molecule has 2 rings (SSSR count). The zero-order chi connectivity index (χ0) is 19.5. The van der Waals surface area contributed by atoms with E-state index >= 15 is 0 Å². The van der Waals surface area contributed by atoms with Crippen LogP contribution in [0, 0.1) is 6.92 Å². The fraction of sp³-hybridized carbons (Fsp3) is 0.211. The maximum absolute atomic E-state index is 11.8. The van der Waals surface area contributed by atoms with Gasteiger partial charge in [0.05, 0.1) is 20.5 Å². The first-order chi connectivity index (χ1) is 12.6. The van der Waals surface area contributed by atoms with Gasteiger partial charge in [0.15, 0.2) is 0 Å². The molecule has 7 nitrogen and oxygen atoms in total. The molecule has 0 aliphatic carbocycles. The number of carbonyl (C=O) groups excluding carboxylic acids is 1. The number of esters is 1. The summed E-state index contributed by atoms with van der Waals surface area (Å²) in [5.74, 6) is -0.286. The molecule has 0 saturated carbocycles. The summed E-state index contributed by atoms with van der Waals surface area (Å²) >= 11 is 0. The Bertz CT molecular complexity index is 774. The Balaban J connectivity index is 0.00000163. The second-order valence-corrected chi connectivity index (χ2v) is 4.81. The van der Waals surface area contributed by atoms with Crippen molar-refractivity contribution in [2.24, 2.45) is 0 Å². The van der Waals surface area contributed by atoms with Crippen molar-refractivity contribution >= 4 is 11.5 Å². The van der Waals surface area contributed by atoms with Gasteiger partial charge in [-0.3, -0.25) is 0 Å². The van der Waals surface area contributed by atoms with Crippen molar-refractivity contribution in [2.45, 2.75) is 13.5 Å². The van der Waals surface area contributed by atoms with Crippen LogP contribution in [-0.2, 0) is 16.1 Å². The van der Waals surface area contributed by atoms with Crippen molar-refractivity contribution in [2.75, 3.05) is 14.2 Å². The number of carbonyl (C=O) groups is 1. The summed E-state index contributed by atoms with van der Waals surface area (Å²) in [6.07, 6.45) is 0.725. The molecule has 1 heterocycles. The lowest BCUT2D eigenvalue weighted by molar-refractivity contribution is -0.133. The molecular formula is C19H22N2O5. The molecule has 0 amide bonds. The van der Waals surface area contributed by atoms with E-state index in [1.54, 1.807) is 37.3 Å². The minimum absolute atomic E-state index is 0.0492. The largest absolute Gasteiger partial charge is 0.515 e. The molecule has 1 N–H and O–H groups in total. The lowest BCUT2D eigenvalue weighted by Gasteiger charge is -2.12. The highest BCUT2D eigenvalue weighted by Crippen LogP contribution is 2.22. The third-order valence-corrected chi connectivity index (χ3v) is 3.21. The highest BCUT2D eigenvalue weighted by molar-refractivity contribution is 6.16. The first-order valence-corrected chi connectivity index (χ1v) is 7.62. The zero-order valence-electron chi connectivity index (χ0n) is 15.1. The first-order valence-electron chi connectivity index (χ1n) is 7.62. The third-order valence-electron chi connectivity index (χ3n) is 3.21. The molecule has 0 saturated heterocycles. The van der Waals surface area contributed by atoms with Gasteiger partial charge in [-0.2, -0.15) is 4.98 Å². The summed E-state index contributed by atoms with van der Waals surface area (Å²) in [5.41, 5.74) is 1.96. The van der Waals surface area contributed by atoms with Crippen molar-refractivity contribution in [1.29, 1.82) is 0 Å². The smallest absolute Gasteiger partial charge is 0.341 e. The maximum atomic E-state index is 11.8. The summed E-state index contributed by atoms with van der Waals surface area (Å²) in [4.78, 5) is 20.0. The van der Waals surface area contributed by atoms with E-state index in [-0.39, 0.29) is 18.2 Å². The molecule has 0 bridgehead atoms. The van der Waals surface area contributed by atoms with E-state index in [0.717, 1.165) is 6.26 Å². The van der Waals surface area contributed by atoms with Crippen LogP contribution in [0.5, 0.6) is 11.9 Å². The maximum Gasteiger partial charge on any atom is 0.341 e. The van der Waals surface area contributed by atoms with Crippen LogP contribution in [0.15, 0.2) is 49.8 Å². The molecule has 0 aliphatic heterocycles. The molecule has 0 unspecified atom stereocenters. The molecule has 0 fully saturated rings. The van der Waals surface area contributed by atoms with Crippen molar-refractivity contribution < 1.29 is 24.1 Å². The van der Waals surface area contributed by atoms with Gasteiger partial charge in [0.1, 0.15) is 12.2 Å². The number of ether oxygens (including phenoxy) is 3. The second kappa shape index (κ2) is 10.5. The summed E-state index contributed by atoms with van der Waals surface area (Å²) in [7, 11) is 2.73. The molecule has 7 heteroatoms. The molecule has 2 aromatic rings. The van der Waals surface area contributed by atoms with Crippen molar-refractivity contribution in [1.82, 2.24) is 9.97 Å². The van der Waals surface area contributed by atoms with Crippen LogP contribution in [0.3, 0.4) is 0 Å². The second-order valence-electron chi connectivity index (χ2n) is 4.81. The Morgan fingerprint density at radius 3 is 2.54 bits per heavy atom. The van der Waals surface area contributed by atoms with Crippen molar-refractivity contribution in [3.8, 4) is 11.9 Å². The number of aliphatic hydroxyl groups excluding tert-OH is 1. The van der Waals surface area contributed by atoms with Gasteiger partial charge < -0.3 is 19.3 Å². The summed E-state index contributed by atoms with van der Waals surface area (Å²) in [6.45, 7) is 7.94. The monoisotopic (exact) mass is 358 g/mol. The Labute approximate surface area is 152 Å². The minimum Gasteiger partial charge on any atom is -0.515 e. The van der Waals surface area contributed by atoms with Gasteiger partial charge in [0.25, 0.3) is 0 Å². The number of benzene rings is 1. The van der Waals surface area contributed by atoms with E-state index in [1.165, 1.54) is 14.2 Å². The Kier molecular flexibility index (Phi) is 8.36. The predicted molar refractivity (Wildman–Crippen MR) is 98.0 cm³/mol. The van der Waals surface area contributed by atoms with E-state index in [4.69, 9.17) is 9.47 Å². The average Bonchev–Trinajstić information content (AvgIpc) is 2.68. The average molecular weight is 358 g/mol. The molecule has 0 atom stereocenters. The number of rotatable bonds is 6. The van der Waals surface area contributed by atoms with Crippen molar-refractivity contribution in [3.05, 3.63) is 66.6 Å². The first kappa shape index (κ1) is 20.7. The van der Waals surface area contributed by atoms with Crippen molar-refractivity contribution in [3.63, 3.8) is 0 Å². The lowest BCUT2D eigenvalue weighted by Crippen LogP contribution is -2.08. The Morgan fingerprint density at radius 1 is 1.23 bits per heavy atom. The van der Waals surface area contributed by atoms with E-state index in [2.05, 4.69) is 27.9 Å². The molecule has 0 aliphatic rings. The van der Waals surface area contributed by atoms with Crippen LogP contribution >= 0.6 is 0 Å². The lowest BCUT2D eigenvalue weighted by atomic mass is 10.0. The summed E-state index contributed by atoms with van der Waals surface area (Å²) < 4.78 is 15.4. The fourth-order valence-corrected chi connectivity index (χ4v) is 2.08. The van der Waals surface area contributed by atoms with E-state index < -0.39 is 5.97 Å². The normalized spacial score (nSPS) is 10.3. The number of methoxy groups -OCH3 is 2. The van der Waals surface area contributed by atoms with E-state index in [9.17, 15) is 9.90 Å². The Morgan fingerprint density at radius 2 is 1.92 bits per heavy atom. The quantitative estimate of drug-likeness (QED) is 0.367. The SMILES string of the molecule is C=C.COC(=O)/C(=C/O)c1ccccc1COc1cc(C)nc(OC)n1. The van der Waals surface area contributed by atoms with Gasteiger partial charge in [-0.05, 0) is 18.1 Å². The molecule has 138 valence electrons. The number of aliphatic hydroxyl groups is 1. The third kappa shape index (κ3) is 5.34. The topological polar surface area (TPSA) is 90.8 Å². The minimum atomic E-state index is -0.635. The van der Waals surface area contributed by atoms with Gasteiger partial charge in [-0.1, -0.05) is 24.3 Å². The molecule has 0 spiro atoms. The predicted octanol–water partition coefficient (Wildman–Crippen LogP) is 3.25. The summed E-state index contributed by atoms with van der Waals surface area (Å²) in [5, 5.41) is 9.35. The highest BCUT2D eigenvalue weighted by Gasteiger charge is 2.16.